The topological polar surface area (TPSA) is 86.7 Å². The Kier molecular flexibility index (Phi) is 7.58. The van der Waals surface area contributed by atoms with Crippen molar-refractivity contribution < 1.29 is 18.3 Å². The lowest BCUT2D eigenvalue weighted by Gasteiger charge is -2.28. The number of hydrogen-bond acceptors (Lipinski definition) is 4. The van der Waals surface area contributed by atoms with Gasteiger partial charge in [-0.2, -0.15) is 0 Å². The Morgan fingerprint density at radius 2 is 1.45 bits per heavy atom. The molecule has 0 spiro atoms. The van der Waals surface area contributed by atoms with E-state index in [9.17, 15) is 18.3 Å². The van der Waals surface area contributed by atoms with Crippen molar-refractivity contribution in [3.8, 4) is 0 Å². The summed E-state index contributed by atoms with van der Waals surface area (Å²) in [5.41, 5.74) is 2.24. The molecule has 0 bridgehead atoms. The molecular formula is C26H34N2O4S. The first-order valence-electron chi connectivity index (χ1n) is 12.2. The van der Waals surface area contributed by atoms with Crippen LogP contribution < -0.4 is 9.62 Å². The Hall–Kier alpha value is -2.54. The third-order valence-corrected chi connectivity index (χ3v) is 8.34. The van der Waals surface area contributed by atoms with Crippen LogP contribution in [-0.4, -0.2) is 32.6 Å². The standard InChI is InChI=1S/C26H34N2O4S/c29-26(30)24-19-22(13-16-25(24)28-17-7-2-1-3-8-18-28)27-33(31,32)23-14-11-21(12-15-23)20-9-5-4-6-10-20/h11-16,19-20,27H,1-10,17-18H2,(H,29,30). The molecule has 4 rings (SSSR count). The first kappa shape index (κ1) is 23.6. The Labute approximate surface area is 197 Å². The number of nitrogens with zero attached hydrogens (tertiary/aromatic N) is 1. The van der Waals surface area contributed by atoms with Gasteiger partial charge in [0.15, 0.2) is 0 Å². The van der Waals surface area contributed by atoms with E-state index < -0.39 is 16.0 Å². The molecule has 0 radical (unpaired) electrons. The molecule has 2 aromatic rings. The Morgan fingerprint density at radius 1 is 0.848 bits per heavy atom. The smallest absolute Gasteiger partial charge is 0.337 e. The lowest BCUT2D eigenvalue weighted by atomic mass is 9.84. The van der Waals surface area contributed by atoms with Crippen LogP contribution in [0.4, 0.5) is 11.4 Å². The Balaban J connectivity index is 1.52. The molecule has 1 saturated heterocycles. The summed E-state index contributed by atoms with van der Waals surface area (Å²) in [6, 6.07) is 12.0. The third-order valence-electron chi connectivity index (χ3n) is 6.94. The van der Waals surface area contributed by atoms with Gasteiger partial charge in [-0.15, -0.1) is 0 Å². The highest BCUT2D eigenvalue weighted by molar-refractivity contribution is 7.92. The molecule has 2 aliphatic rings. The van der Waals surface area contributed by atoms with Crippen LogP contribution in [0.25, 0.3) is 0 Å². The molecule has 0 atom stereocenters. The van der Waals surface area contributed by atoms with Crippen molar-refractivity contribution in [2.75, 3.05) is 22.7 Å². The monoisotopic (exact) mass is 470 g/mol. The number of carbonyl (C=O) groups is 1. The number of carboxylic acids is 1. The molecular weight excluding hydrogens is 436 g/mol. The number of rotatable bonds is 6. The van der Waals surface area contributed by atoms with Crippen LogP contribution in [0.2, 0.25) is 0 Å². The molecule has 1 aliphatic carbocycles. The summed E-state index contributed by atoms with van der Waals surface area (Å²) in [4.78, 5) is 14.3. The summed E-state index contributed by atoms with van der Waals surface area (Å²) >= 11 is 0. The molecule has 2 N–H and O–H groups in total. The van der Waals surface area contributed by atoms with Crippen LogP contribution in [0.5, 0.6) is 0 Å². The number of hydrogen-bond donors (Lipinski definition) is 2. The molecule has 6 nitrogen and oxygen atoms in total. The van der Waals surface area contributed by atoms with Crippen LogP contribution in [0.3, 0.4) is 0 Å². The molecule has 1 aliphatic heterocycles. The highest BCUT2D eigenvalue weighted by atomic mass is 32.2. The highest BCUT2D eigenvalue weighted by Crippen LogP contribution is 2.33. The molecule has 0 aromatic heterocycles. The summed E-state index contributed by atoms with van der Waals surface area (Å²) in [7, 11) is -3.81. The van der Waals surface area contributed by atoms with Gasteiger partial charge in [-0.25, -0.2) is 13.2 Å². The summed E-state index contributed by atoms with van der Waals surface area (Å²) in [6.45, 7) is 1.64. The van der Waals surface area contributed by atoms with Gasteiger partial charge in [0.1, 0.15) is 0 Å². The van der Waals surface area contributed by atoms with Gasteiger partial charge in [0.25, 0.3) is 10.0 Å². The second-order valence-corrected chi connectivity index (χ2v) is 11.0. The van der Waals surface area contributed by atoms with Gasteiger partial charge in [0, 0.05) is 18.8 Å². The molecule has 0 amide bonds. The van der Waals surface area contributed by atoms with Gasteiger partial charge in [-0.1, -0.05) is 50.7 Å². The number of anilines is 2. The van der Waals surface area contributed by atoms with Crippen LogP contribution in [0, 0.1) is 0 Å². The minimum absolute atomic E-state index is 0.128. The SMILES string of the molecule is O=C(O)c1cc(NS(=O)(=O)c2ccc(C3CCCCC3)cc2)ccc1N1CCCCCCC1. The van der Waals surface area contributed by atoms with E-state index in [0.717, 1.165) is 51.6 Å². The van der Waals surface area contributed by atoms with Crippen molar-refractivity contribution in [1.82, 2.24) is 0 Å². The zero-order valence-electron chi connectivity index (χ0n) is 19.1. The maximum absolute atomic E-state index is 13.0. The molecule has 33 heavy (non-hydrogen) atoms. The lowest BCUT2D eigenvalue weighted by Crippen LogP contribution is -2.28. The predicted molar refractivity (Wildman–Crippen MR) is 132 cm³/mol. The van der Waals surface area contributed by atoms with E-state index in [0.29, 0.717) is 11.6 Å². The van der Waals surface area contributed by atoms with E-state index in [-0.39, 0.29) is 16.1 Å². The molecule has 1 saturated carbocycles. The van der Waals surface area contributed by atoms with E-state index in [1.165, 1.54) is 37.3 Å². The Bertz CT molecular complexity index is 1050. The maximum atomic E-state index is 13.0. The summed E-state index contributed by atoms with van der Waals surface area (Å²) in [5.74, 6) is -0.539. The predicted octanol–water partition coefficient (Wildman–Crippen LogP) is 6.00. The fourth-order valence-electron chi connectivity index (χ4n) is 5.10. The van der Waals surface area contributed by atoms with Gasteiger partial charge < -0.3 is 10.0 Å². The first-order valence-corrected chi connectivity index (χ1v) is 13.7. The number of carboxylic acid groups (broad SMARTS) is 1. The van der Waals surface area contributed by atoms with E-state index in [1.54, 1.807) is 24.3 Å². The van der Waals surface area contributed by atoms with Crippen molar-refractivity contribution in [2.24, 2.45) is 0 Å². The highest BCUT2D eigenvalue weighted by Gasteiger charge is 2.21. The fourth-order valence-corrected chi connectivity index (χ4v) is 6.15. The van der Waals surface area contributed by atoms with Gasteiger partial charge in [-0.3, -0.25) is 4.72 Å². The summed E-state index contributed by atoms with van der Waals surface area (Å²) < 4.78 is 28.5. The number of sulfonamides is 1. The van der Waals surface area contributed by atoms with E-state index >= 15 is 0 Å². The van der Waals surface area contributed by atoms with Crippen molar-refractivity contribution in [2.45, 2.75) is 75.0 Å². The zero-order valence-corrected chi connectivity index (χ0v) is 19.9. The van der Waals surface area contributed by atoms with Crippen LogP contribution in [0.1, 0.15) is 86.0 Å². The van der Waals surface area contributed by atoms with Crippen molar-refractivity contribution in [3.63, 3.8) is 0 Å². The molecule has 1 heterocycles. The first-order chi connectivity index (χ1) is 15.9. The second-order valence-electron chi connectivity index (χ2n) is 9.30. The molecule has 2 aromatic carbocycles. The second kappa shape index (κ2) is 10.6. The largest absolute Gasteiger partial charge is 0.478 e. The molecule has 0 unspecified atom stereocenters. The minimum atomic E-state index is -3.81. The number of nitrogens with one attached hydrogen (secondary N) is 1. The van der Waals surface area contributed by atoms with E-state index in [4.69, 9.17) is 0 Å². The average Bonchev–Trinajstić information content (AvgIpc) is 2.79. The van der Waals surface area contributed by atoms with Crippen LogP contribution in [-0.2, 0) is 10.0 Å². The molecule has 178 valence electrons. The van der Waals surface area contributed by atoms with Gasteiger partial charge in [0.05, 0.1) is 16.1 Å². The molecule has 2 fully saturated rings. The Morgan fingerprint density at radius 3 is 2.09 bits per heavy atom. The number of aromatic carboxylic acids is 1. The van der Waals surface area contributed by atoms with Gasteiger partial charge in [-0.05, 0) is 67.5 Å². The van der Waals surface area contributed by atoms with Gasteiger partial charge in [0.2, 0.25) is 0 Å². The van der Waals surface area contributed by atoms with E-state index in [2.05, 4.69) is 9.62 Å². The van der Waals surface area contributed by atoms with Crippen LogP contribution >= 0.6 is 0 Å². The lowest BCUT2D eigenvalue weighted by molar-refractivity contribution is 0.0697. The third kappa shape index (κ3) is 5.88. The quantitative estimate of drug-likeness (QED) is 0.540. The van der Waals surface area contributed by atoms with Gasteiger partial charge >= 0.3 is 5.97 Å². The molecule has 7 heteroatoms. The summed E-state index contributed by atoms with van der Waals surface area (Å²) in [5, 5.41) is 9.81. The fraction of sp³-hybridized carbons (Fsp3) is 0.500. The van der Waals surface area contributed by atoms with Crippen molar-refractivity contribution in [3.05, 3.63) is 53.6 Å². The minimum Gasteiger partial charge on any atom is -0.478 e. The normalized spacial score (nSPS) is 18.4. The van der Waals surface area contributed by atoms with E-state index in [1.807, 2.05) is 12.1 Å². The average molecular weight is 471 g/mol. The van der Waals surface area contributed by atoms with Crippen LogP contribution in [0.15, 0.2) is 47.4 Å². The van der Waals surface area contributed by atoms with Crippen molar-refractivity contribution in [1.29, 1.82) is 0 Å². The summed E-state index contributed by atoms with van der Waals surface area (Å²) in [6.07, 6.45) is 11.6. The zero-order chi connectivity index (χ0) is 23.3. The van der Waals surface area contributed by atoms with Crippen molar-refractivity contribution >= 4 is 27.4 Å². The number of benzene rings is 2. The maximum Gasteiger partial charge on any atom is 0.337 e.